The molecule has 0 bridgehead atoms. The number of carbonyl (C=O) groups is 2. The third-order valence-electron chi connectivity index (χ3n) is 3.95. The Balaban J connectivity index is 0. The minimum absolute atomic E-state index is 0.124. The van der Waals surface area contributed by atoms with Crippen LogP contribution in [0.2, 0.25) is 0 Å². The molecule has 0 rings (SSSR count). The van der Waals surface area contributed by atoms with Gasteiger partial charge in [0.05, 0.1) is 7.11 Å². The second-order valence-electron chi connectivity index (χ2n) is 5.88. The molecule has 2 unspecified atom stereocenters. The minimum atomic E-state index is -0.747. The van der Waals surface area contributed by atoms with Crippen LogP contribution in [-0.2, 0) is 14.3 Å². The van der Waals surface area contributed by atoms with Gasteiger partial charge in [0, 0.05) is 0 Å². The number of carboxylic acid groups (broad SMARTS) is 1. The van der Waals surface area contributed by atoms with E-state index in [0.29, 0.717) is 0 Å². The van der Waals surface area contributed by atoms with E-state index in [9.17, 15) is 9.59 Å². The van der Waals surface area contributed by atoms with Gasteiger partial charge in [0.15, 0.2) is 0 Å². The van der Waals surface area contributed by atoms with Crippen LogP contribution in [0, 0.1) is 0 Å². The van der Waals surface area contributed by atoms with Gasteiger partial charge in [-0.2, -0.15) is 0 Å². The maximum atomic E-state index is 11.1. The van der Waals surface area contributed by atoms with Crippen LogP contribution in [0.1, 0.15) is 53.4 Å². The second-order valence-corrected chi connectivity index (χ2v) is 5.88. The molecule has 6 nitrogen and oxygen atoms in total. The largest absolute Gasteiger partial charge is 0.480 e. The van der Waals surface area contributed by atoms with E-state index in [1.807, 2.05) is 30.8 Å². The summed E-state index contributed by atoms with van der Waals surface area (Å²) in [6.07, 6.45) is 4.45. The molecule has 0 aliphatic heterocycles. The van der Waals surface area contributed by atoms with Gasteiger partial charge in [0.2, 0.25) is 0 Å². The number of nitrogens with zero attached hydrogens (tertiary/aromatic N) is 2. The molecule has 0 saturated heterocycles. The first-order valence-electron chi connectivity index (χ1n) is 8.43. The molecule has 1 N–H and O–H groups in total. The highest BCUT2D eigenvalue weighted by molar-refractivity contribution is 5.75. The molecule has 0 heterocycles. The van der Waals surface area contributed by atoms with Crippen LogP contribution >= 0.6 is 0 Å². The number of carbonyl (C=O) groups excluding carboxylic acids is 1. The first-order valence-corrected chi connectivity index (χ1v) is 8.43. The molecule has 0 fully saturated rings. The number of hydrogen-bond donors (Lipinski definition) is 1. The molecular formula is C17H36N2O4. The zero-order chi connectivity index (χ0) is 18.4. The topological polar surface area (TPSA) is 70.1 Å². The lowest BCUT2D eigenvalue weighted by molar-refractivity contribution is -0.146. The molecule has 23 heavy (non-hydrogen) atoms. The van der Waals surface area contributed by atoms with E-state index in [0.717, 1.165) is 38.8 Å². The summed E-state index contributed by atoms with van der Waals surface area (Å²) in [5, 5.41) is 8.61. The van der Waals surface area contributed by atoms with Crippen molar-refractivity contribution in [2.75, 3.05) is 34.3 Å². The summed E-state index contributed by atoms with van der Waals surface area (Å²) >= 11 is 0. The molecule has 0 spiro atoms. The van der Waals surface area contributed by atoms with E-state index in [1.54, 1.807) is 6.92 Å². The number of ether oxygens (including phenoxy) is 1. The van der Waals surface area contributed by atoms with Crippen LogP contribution in [0.25, 0.3) is 0 Å². The van der Waals surface area contributed by atoms with Crippen molar-refractivity contribution in [1.29, 1.82) is 0 Å². The minimum Gasteiger partial charge on any atom is -0.480 e. The Morgan fingerprint density at radius 1 is 0.957 bits per heavy atom. The van der Waals surface area contributed by atoms with Crippen molar-refractivity contribution < 1.29 is 19.4 Å². The average Bonchev–Trinajstić information content (AvgIpc) is 2.55. The second kappa shape index (κ2) is 14.5. The monoisotopic (exact) mass is 332 g/mol. The molecule has 0 aromatic rings. The van der Waals surface area contributed by atoms with E-state index < -0.39 is 5.97 Å². The lowest BCUT2D eigenvalue weighted by Crippen LogP contribution is -2.37. The molecule has 2 atom stereocenters. The molecule has 0 amide bonds. The summed E-state index contributed by atoms with van der Waals surface area (Å²) in [6.45, 7) is 9.62. The molecule has 0 saturated carbocycles. The van der Waals surface area contributed by atoms with Gasteiger partial charge in [-0.25, -0.2) is 0 Å². The van der Waals surface area contributed by atoms with Gasteiger partial charge in [0.1, 0.15) is 12.1 Å². The number of likely N-dealkylation sites (N-methyl/N-ethyl adjacent to an activating group) is 2. The summed E-state index contributed by atoms with van der Waals surface area (Å²) in [7, 11) is 5.21. The van der Waals surface area contributed by atoms with E-state index in [4.69, 9.17) is 5.11 Å². The van der Waals surface area contributed by atoms with Gasteiger partial charge in [-0.15, -0.1) is 0 Å². The van der Waals surface area contributed by atoms with Crippen LogP contribution in [0.15, 0.2) is 0 Å². The predicted molar refractivity (Wildman–Crippen MR) is 93.7 cm³/mol. The van der Waals surface area contributed by atoms with E-state index in [2.05, 4.69) is 18.6 Å². The number of rotatable bonds is 10. The van der Waals surface area contributed by atoms with Gasteiger partial charge < -0.3 is 9.84 Å². The van der Waals surface area contributed by atoms with E-state index >= 15 is 0 Å². The number of aliphatic carboxylic acids is 1. The zero-order valence-electron chi connectivity index (χ0n) is 16.0. The van der Waals surface area contributed by atoms with Gasteiger partial charge >= 0.3 is 11.9 Å². The van der Waals surface area contributed by atoms with Crippen LogP contribution in [0.3, 0.4) is 0 Å². The molecule has 0 radical (unpaired) electrons. The maximum Gasteiger partial charge on any atom is 0.322 e. The van der Waals surface area contributed by atoms with Crippen molar-refractivity contribution in [2.45, 2.75) is 65.5 Å². The molecule has 0 aliphatic carbocycles. The van der Waals surface area contributed by atoms with Crippen LogP contribution in [-0.4, -0.2) is 73.2 Å². The number of methoxy groups -OCH3 is 1. The lowest BCUT2D eigenvalue weighted by atomic mass is 10.2. The SMILES string of the molecule is CCCCN(C)C(C)C(=O)O.CCCCN(C)C(C)C(=O)OC. The zero-order valence-corrected chi connectivity index (χ0v) is 16.0. The van der Waals surface area contributed by atoms with Crippen LogP contribution in [0.4, 0.5) is 0 Å². The Labute approximate surface area is 141 Å². The third kappa shape index (κ3) is 12.0. The Bertz CT molecular complexity index is 324. The van der Waals surface area contributed by atoms with Crippen molar-refractivity contribution in [2.24, 2.45) is 0 Å². The molecule has 0 aromatic carbocycles. The average molecular weight is 332 g/mol. The summed E-state index contributed by atoms with van der Waals surface area (Å²) in [5.74, 6) is -0.905. The summed E-state index contributed by atoms with van der Waals surface area (Å²) in [6, 6.07) is -0.483. The Hall–Kier alpha value is -1.14. The third-order valence-corrected chi connectivity index (χ3v) is 3.95. The molecule has 0 aromatic heterocycles. The van der Waals surface area contributed by atoms with Crippen molar-refractivity contribution in [3.05, 3.63) is 0 Å². The molecule has 138 valence electrons. The van der Waals surface area contributed by atoms with E-state index in [1.165, 1.54) is 7.11 Å². The summed E-state index contributed by atoms with van der Waals surface area (Å²) in [5.41, 5.74) is 0. The Morgan fingerprint density at radius 2 is 1.35 bits per heavy atom. The highest BCUT2D eigenvalue weighted by Gasteiger charge is 2.17. The van der Waals surface area contributed by atoms with E-state index in [-0.39, 0.29) is 18.1 Å². The molecular weight excluding hydrogens is 296 g/mol. The number of carboxylic acids is 1. The first-order chi connectivity index (χ1) is 10.7. The van der Waals surface area contributed by atoms with Crippen molar-refractivity contribution in [1.82, 2.24) is 9.80 Å². The summed E-state index contributed by atoms with van der Waals surface area (Å²) < 4.78 is 4.63. The van der Waals surface area contributed by atoms with Crippen molar-refractivity contribution >= 4 is 11.9 Å². The van der Waals surface area contributed by atoms with Gasteiger partial charge in [-0.3, -0.25) is 19.4 Å². The van der Waals surface area contributed by atoms with Crippen LogP contribution in [0.5, 0.6) is 0 Å². The van der Waals surface area contributed by atoms with Crippen molar-refractivity contribution in [3.63, 3.8) is 0 Å². The Kier molecular flexibility index (Phi) is 15.2. The number of unbranched alkanes of at least 4 members (excludes halogenated alkanes) is 2. The molecule has 6 heteroatoms. The summed E-state index contributed by atoms with van der Waals surface area (Å²) in [4.78, 5) is 25.4. The lowest BCUT2D eigenvalue weighted by Gasteiger charge is -2.21. The fourth-order valence-corrected chi connectivity index (χ4v) is 1.74. The fraction of sp³-hybridized carbons (Fsp3) is 0.882. The first kappa shape index (κ1) is 24.1. The highest BCUT2D eigenvalue weighted by Crippen LogP contribution is 2.00. The van der Waals surface area contributed by atoms with Crippen molar-refractivity contribution in [3.8, 4) is 0 Å². The maximum absolute atomic E-state index is 11.1. The predicted octanol–water partition coefficient (Wildman–Crippen LogP) is 2.47. The Morgan fingerprint density at radius 3 is 1.65 bits per heavy atom. The highest BCUT2D eigenvalue weighted by atomic mass is 16.5. The molecule has 0 aliphatic rings. The normalized spacial score (nSPS) is 13.3. The van der Waals surface area contributed by atoms with Gasteiger partial charge in [0.25, 0.3) is 0 Å². The smallest absolute Gasteiger partial charge is 0.322 e. The van der Waals surface area contributed by atoms with Crippen LogP contribution < -0.4 is 0 Å². The number of hydrogen-bond acceptors (Lipinski definition) is 5. The standard InChI is InChI=1S/C9H19NO2.C8H17NO2/c1-5-6-7-10(3)8(2)9(11)12-4;1-4-5-6-9(3)7(2)8(10)11/h8H,5-7H2,1-4H3;7H,4-6H2,1-3H3,(H,10,11). The fourth-order valence-electron chi connectivity index (χ4n) is 1.74. The quantitative estimate of drug-likeness (QED) is 0.620. The number of esters is 1. The van der Waals surface area contributed by atoms with Gasteiger partial charge in [-0.05, 0) is 53.9 Å². The van der Waals surface area contributed by atoms with Gasteiger partial charge in [-0.1, -0.05) is 26.7 Å².